The Morgan fingerprint density at radius 1 is 1.24 bits per heavy atom. The molecule has 0 heterocycles. The molecule has 0 fully saturated rings. The Bertz CT molecular complexity index is 496. The average Bonchev–Trinajstić information content (AvgIpc) is 2.45. The van der Waals surface area contributed by atoms with Crippen LogP contribution in [0.15, 0.2) is 12.2 Å². The Hall–Kier alpha value is -1.29. The molecular formula is C15H23F4NO4S. The summed E-state index contributed by atoms with van der Waals surface area (Å²) in [4.78, 5) is 23.8. The molecule has 1 N–H and O–H groups in total. The second-order valence-electron chi connectivity index (χ2n) is 5.57. The number of carbonyl (C=O) groups is 2. The quantitative estimate of drug-likeness (QED) is 0.142. The van der Waals surface area contributed by atoms with Crippen molar-refractivity contribution in [2.45, 2.75) is 57.0 Å². The number of rotatable bonds is 11. The van der Waals surface area contributed by atoms with Crippen molar-refractivity contribution in [2.24, 2.45) is 0 Å². The predicted octanol–water partition coefficient (Wildman–Crippen LogP) is 3.30. The fourth-order valence-corrected chi connectivity index (χ4v) is 1.58. The van der Waals surface area contributed by atoms with Crippen LogP contribution in [0.5, 0.6) is 0 Å². The summed E-state index contributed by atoms with van der Waals surface area (Å²) in [6.45, 7) is 6.83. The molecule has 1 amide bonds. The summed E-state index contributed by atoms with van der Waals surface area (Å²) in [5.74, 6) is -8.60. The van der Waals surface area contributed by atoms with Crippen LogP contribution in [0, 0.1) is 0 Å². The summed E-state index contributed by atoms with van der Waals surface area (Å²) >= 11 is 2.55. The fourth-order valence-electron chi connectivity index (χ4n) is 1.47. The number of thiol groups is 1. The molecule has 1 unspecified atom stereocenters. The van der Waals surface area contributed by atoms with Crippen molar-refractivity contribution >= 4 is 24.5 Å². The van der Waals surface area contributed by atoms with Gasteiger partial charge in [-0.2, -0.15) is 17.6 Å². The first-order chi connectivity index (χ1) is 11.3. The van der Waals surface area contributed by atoms with E-state index in [-0.39, 0.29) is 12.1 Å². The van der Waals surface area contributed by atoms with Crippen molar-refractivity contribution in [2.75, 3.05) is 13.2 Å². The van der Waals surface area contributed by atoms with Gasteiger partial charge >= 0.3 is 17.1 Å². The van der Waals surface area contributed by atoms with Gasteiger partial charge in [-0.25, -0.2) is 4.79 Å². The first-order valence-corrected chi connectivity index (χ1v) is 8.00. The predicted molar refractivity (Wildman–Crippen MR) is 86.7 cm³/mol. The van der Waals surface area contributed by atoms with E-state index in [1.54, 1.807) is 0 Å². The van der Waals surface area contributed by atoms with Gasteiger partial charge in [0.05, 0.1) is 6.61 Å². The lowest BCUT2D eigenvalue weighted by Gasteiger charge is -2.29. The molecule has 10 heteroatoms. The zero-order valence-corrected chi connectivity index (χ0v) is 15.2. The molecular weight excluding hydrogens is 366 g/mol. The van der Waals surface area contributed by atoms with Crippen LogP contribution in [0.2, 0.25) is 0 Å². The minimum Gasteiger partial charge on any atom is -0.420 e. The van der Waals surface area contributed by atoms with Crippen molar-refractivity contribution < 1.29 is 36.6 Å². The Kier molecular flexibility index (Phi) is 8.93. The first kappa shape index (κ1) is 23.7. The minimum atomic E-state index is -4.55. The van der Waals surface area contributed by atoms with Gasteiger partial charge in [0.2, 0.25) is 0 Å². The molecule has 0 saturated heterocycles. The van der Waals surface area contributed by atoms with Gasteiger partial charge in [-0.3, -0.25) is 4.79 Å². The molecule has 0 rings (SSSR count). The Balaban J connectivity index is 5.04. The number of hydrogen-bond acceptors (Lipinski definition) is 5. The van der Waals surface area contributed by atoms with E-state index in [2.05, 4.69) is 24.5 Å². The van der Waals surface area contributed by atoms with E-state index < -0.39 is 41.9 Å². The number of nitrogens with one attached hydrogen (secondary N) is 1. The highest BCUT2D eigenvalue weighted by atomic mass is 32.1. The molecule has 0 aliphatic heterocycles. The number of esters is 1. The smallest absolute Gasteiger partial charge is 0.353 e. The highest BCUT2D eigenvalue weighted by Gasteiger charge is 2.53. The average molecular weight is 389 g/mol. The first-order valence-electron chi connectivity index (χ1n) is 7.56. The van der Waals surface area contributed by atoms with Gasteiger partial charge in [0.25, 0.3) is 11.7 Å². The lowest BCUT2D eigenvalue weighted by Crippen LogP contribution is -2.51. The van der Waals surface area contributed by atoms with E-state index in [0.717, 1.165) is 13.3 Å². The maximum atomic E-state index is 13.2. The molecule has 5 nitrogen and oxygen atoms in total. The van der Waals surface area contributed by atoms with Gasteiger partial charge in [0.15, 0.2) is 0 Å². The topological polar surface area (TPSA) is 64.6 Å². The summed E-state index contributed by atoms with van der Waals surface area (Å²) < 4.78 is 61.6. The molecule has 0 aliphatic carbocycles. The van der Waals surface area contributed by atoms with Gasteiger partial charge < -0.3 is 14.8 Å². The monoisotopic (exact) mass is 389 g/mol. The number of amides is 1. The molecule has 0 aromatic carbocycles. The van der Waals surface area contributed by atoms with Crippen LogP contribution in [0.3, 0.4) is 0 Å². The van der Waals surface area contributed by atoms with Crippen molar-refractivity contribution in [3.8, 4) is 0 Å². The number of halogens is 4. The van der Waals surface area contributed by atoms with Crippen molar-refractivity contribution in [3.63, 3.8) is 0 Å². The number of carbonyl (C=O) groups excluding carboxylic acids is 2. The van der Waals surface area contributed by atoms with Crippen LogP contribution in [0.1, 0.15) is 40.0 Å². The molecule has 0 aromatic heterocycles. The van der Waals surface area contributed by atoms with Gasteiger partial charge in [-0.1, -0.05) is 32.6 Å². The third-order valence-corrected chi connectivity index (χ3v) is 3.43. The van der Waals surface area contributed by atoms with E-state index in [0.29, 0.717) is 6.42 Å². The SMILES string of the molecule is C=C(C)C(=O)OC(C)(OCCC(F)(F)C(F)(F)S)C(=O)NCCCC. The van der Waals surface area contributed by atoms with Crippen LogP contribution in [-0.2, 0) is 19.1 Å². The summed E-state index contributed by atoms with van der Waals surface area (Å²) in [6, 6.07) is 0. The van der Waals surface area contributed by atoms with E-state index in [9.17, 15) is 27.2 Å². The van der Waals surface area contributed by atoms with Crippen LogP contribution >= 0.6 is 12.6 Å². The second-order valence-corrected chi connectivity index (χ2v) is 6.13. The molecule has 25 heavy (non-hydrogen) atoms. The maximum Gasteiger partial charge on any atom is 0.353 e. The maximum absolute atomic E-state index is 13.2. The molecule has 0 bridgehead atoms. The summed E-state index contributed by atoms with van der Waals surface area (Å²) in [5.41, 5.74) is -0.0524. The molecule has 0 radical (unpaired) electrons. The Labute approximate surface area is 149 Å². The zero-order chi connectivity index (χ0) is 19.9. The molecule has 0 spiro atoms. The van der Waals surface area contributed by atoms with Gasteiger partial charge in [0, 0.05) is 25.5 Å². The molecule has 0 saturated carbocycles. The minimum absolute atomic E-state index is 0.0524. The zero-order valence-electron chi connectivity index (χ0n) is 14.3. The standard InChI is InChI=1S/C15H23F4NO4S/c1-5-6-8-20-12(22)13(4,24-11(21)10(2)3)23-9-7-14(16,17)15(18,19)25/h25H,2,5-9H2,1,3-4H3,(H,20,22). The molecule has 0 aromatic rings. The van der Waals surface area contributed by atoms with Crippen molar-refractivity contribution in [1.82, 2.24) is 5.32 Å². The lowest BCUT2D eigenvalue weighted by atomic mass is 10.2. The largest absolute Gasteiger partial charge is 0.420 e. The fraction of sp³-hybridized carbons (Fsp3) is 0.733. The number of hydrogen-bond donors (Lipinski definition) is 2. The third kappa shape index (κ3) is 7.64. The van der Waals surface area contributed by atoms with Crippen LogP contribution < -0.4 is 5.32 Å². The van der Waals surface area contributed by atoms with E-state index in [1.807, 2.05) is 6.92 Å². The molecule has 1 atom stereocenters. The lowest BCUT2D eigenvalue weighted by molar-refractivity contribution is -0.229. The number of unbranched alkanes of at least 4 members (excludes halogenated alkanes) is 1. The Morgan fingerprint density at radius 2 is 1.80 bits per heavy atom. The summed E-state index contributed by atoms with van der Waals surface area (Å²) in [6.07, 6.45) is -0.0290. The highest BCUT2D eigenvalue weighted by Crippen LogP contribution is 2.39. The normalized spacial score (nSPS) is 14.6. The summed E-state index contributed by atoms with van der Waals surface area (Å²) in [7, 11) is 0. The van der Waals surface area contributed by atoms with Crippen LogP contribution in [-0.4, -0.2) is 42.0 Å². The third-order valence-electron chi connectivity index (χ3n) is 3.10. The van der Waals surface area contributed by atoms with Crippen LogP contribution in [0.25, 0.3) is 0 Å². The molecule has 0 aliphatic rings. The number of alkyl halides is 4. The van der Waals surface area contributed by atoms with Crippen LogP contribution in [0.4, 0.5) is 17.6 Å². The van der Waals surface area contributed by atoms with E-state index >= 15 is 0 Å². The van der Waals surface area contributed by atoms with E-state index in [1.165, 1.54) is 6.92 Å². The van der Waals surface area contributed by atoms with Gasteiger partial charge in [0.1, 0.15) is 0 Å². The number of ether oxygens (including phenoxy) is 2. The Morgan fingerprint density at radius 3 is 2.24 bits per heavy atom. The van der Waals surface area contributed by atoms with E-state index in [4.69, 9.17) is 9.47 Å². The molecule has 146 valence electrons. The second kappa shape index (κ2) is 9.42. The highest BCUT2D eigenvalue weighted by molar-refractivity contribution is 7.81. The van der Waals surface area contributed by atoms with Crippen molar-refractivity contribution in [1.29, 1.82) is 0 Å². The van der Waals surface area contributed by atoms with Gasteiger partial charge in [-0.05, 0) is 13.3 Å². The summed E-state index contributed by atoms with van der Waals surface area (Å²) in [5, 5.41) is -2.13. The van der Waals surface area contributed by atoms with Gasteiger partial charge in [-0.15, -0.1) is 0 Å². The van der Waals surface area contributed by atoms with Crippen molar-refractivity contribution in [3.05, 3.63) is 12.2 Å².